The molecule has 0 amide bonds. The fraction of sp³-hybridized carbons (Fsp3) is 1.00. The highest BCUT2D eigenvalue weighted by Gasteiger charge is 2.49. The molecule has 8 unspecified atom stereocenters. The van der Waals surface area contributed by atoms with E-state index in [-0.39, 0.29) is 0 Å². The van der Waals surface area contributed by atoms with Gasteiger partial charge in [-0.3, -0.25) is 0 Å². The maximum absolute atomic E-state index is 2.54. The van der Waals surface area contributed by atoms with E-state index in [2.05, 4.69) is 13.8 Å². The normalized spacial score (nSPS) is 48.6. The van der Waals surface area contributed by atoms with Crippen LogP contribution >= 0.6 is 0 Å². The molecule has 0 aromatic rings. The zero-order valence-corrected chi connectivity index (χ0v) is 20.5. The minimum atomic E-state index is 1.01. The lowest BCUT2D eigenvalue weighted by atomic mass is 9.56. The zero-order valence-electron chi connectivity index (χ0n) is 20.5. The monoisotopic (exact) mass is 412 g/mol. The molecular weight excluding hydrogens is 360 g/mol. The molecule has 0 saturated heterocycles. The molecule has 5 aliphatic rings. The lowest BCUT2D eigenvalue weighted by Crippen LogP contribution is -2.41. The molecule has 0 heteroatoms. The summed E-state index contributed by atoms with van der Waals surface area (Å²) in [4.78, 5) is 0. The summed E-state index contributed by atoms with van der Waals surface area (Å²) in [6, 6.07) is 0. The maximum Gasteiger partial charge on any atom is -0.0326 e. The molecule has 0 spiro atoms. The van der Waals surface area contributed by atoms with Crippen molar-refractivity contribution in [1.29, 1.82) is 0 Å². The molecule has 5 saturated carbocycles. The van der Waals surface area contributed by atoms with E-state index in [9.17, 15) is 0 Å². The van der Waals surface area contributed by atoms with E-state index in [4.69, 9.17) is 0 Å². The Balaban J connectivity index is 1.06. The van der Waals surface area contributed by atoms with Gasteiger partial charge in [0.1, 0.15) is 0 Å². The van der Waals surface area contributed by atoms with Crippen molar-refractivity contribution in [2.24, 2.45) is 59.2 Å². The Morgan fingerprint density at radius 1 is 0.600 bits per heavy atom. The van der Waals surface area contributed by atoms with E-state index < -0.39 is 0 Å². The van der Waals surface area contributed by atoms with Crippen molar-refractivity contribution in [2.75, 3.05) is 0 Å². The van der Waals surface area contributed by atoms with Crippen molar-refractivity contribution in [3.63, 3.8) is 0 Å². The lowest BCUT2D eigenvalue weighted by Gasteiger charge is -2.49. The van der Waals surface area contributed by atoms with Crippen LogP contribution in [0.1, 0.15) is 129 Å². The fourth-order valence-electron chi connectivity index (χ4n) is 10.2. The van der Waals surface area contributed by atoms with E-state index in [1.807, 2.05) is 0 Å². The Hall–Kier alpha value is 0. The van der Waals surface area contributed by atoms with Crippen LogP contribution in [0, 0.1) is 59.2 Å². The molecule has 8 atom stereocenters. The van der Waals surface area contributed by atoms with Gasteiger partial charge in [-0.15, -0.1) is 0 Å². The number of hydrogen-bond acceptors (Lipinski definition) is 0. The van der Waals surface area contributed by atoms with Crippen molar-refractivity contribution in [3.05, 3.63) is 0 Å². The Kier molecular flexibility index (Phi) is 7.18. The largest absolute Gasteiger partial charge is 0.0654 e. The summed E-state index contributed by atoms with van der Waals surface area (Å²) in [5, 5.41) is 0. The molecule has 5 fully saturated rings. The third kappa shape index (κ3) is 4.41. The molecule has 0 radical (unpaired) electrons. The Morgan fingerprint density at radius 3 is 2.13 bits per heavy atom. The Morgan fingerprint density at radius 2 is 1.33 bits per heavy atom. The van der Waals surface area contributed by atoms with Gasteiger partial charge in [0.15, 0.2) is 0 Å². The quantitative estimate of drug-likeness (QED) is 0.391. The topological polar surface area (TPSA) is 0 Å². The van der Waals surface area contributed by atoms with Crippen molar-refractivity contribution >= 4 is 0 Å². The van der Waals surface area contributed by atoms with Crippen molar-refractivity contribution in [3.8, 4) is 0 Å². The van der Waals surface area contributed by atoms with Crippen LogP contribution in [0.4, 0.5) is 0 Å². The van der Waals surface area contributed by atoms with E-state index in [1.54, 1.807) is 96.3 Å². The highest BCUT2D eigenvalue weighted by Crippen LogP contribution is 2.59. The summed E-state index contributed by atoms with van der Waals surface area (Å²) in [5.74, 6) is 11.2. The minimum absolute atomic E-state index is 1.01. The van der Waals surface area contributed by atoms with Crippen LogP contribution in [0.2, 0.25) is 0 Å². The summed E-state index contributed by atoms with van der Waals surface area (Å²) in [6.07, 6.45) is 28.2. The molecule has 5 aliphatic carbocycles. The second-order valence-corrected chi connectivity index (χ2v) is 13.0. The van der Waals surface area contributed by atoms with Gasteiger partial charge < -0.3 is 0 Å². The van der Waals surface area contributed by atoms with Crippen LogP contribution in [0.15, 0.2) is 0 Å². The highest BCUT2D eigenvalue weighted by atomic mass is 14.5. The molecule has 172 valence electrons. The molecular formula is C30H52. The molecule has 0 aromatic heterocycles. The summed E-state index contributed by atoms with van der Waals surface area (Å²) in [5.41, 5.74) is 0. The van der Waals surface area contributed by atoms with Crippen LogP contribution in [-0.2, 0) is 0 Å². The van der Waals surface area contributed by atoms with Crippen LogP contribution in [0.3, 0.4) is 0 Å². The van der Waals surface area contributed by atoms with Gasteiger partial charge >= 0.3 is 0 Å². The SMILES string of the molecule is CCCC1C(C)CCC1CCCC1CCC(C2CCC3CCC4CCCC2C43)CC1. The summed E-state index contributed by atoms with van der Waals surface area (Å²) < 4.78 is 0. The second-order valence-electron chi connectivity index (χ2n) is 13.0. The van der Waals surface area contributed by atoms with Gasteiger partial charge in [0.05, 0.1) is 0 Å². The molecule has 0 aromatic carbocycles. The van der Waals surface area contributed by atoms with Crippen molar-refractivity contribution in [1.82, 2.24) is 0 Å². The molecule has 0 aliphatic heterocycles. The summed E-state index contributed by atoms with van der Waals surface area (Å²) >= 11 is 0. The van der Waals surface area contributed by atoms with E-state index in [0.29, 0.717) is 0 Å². The van der Waals surface area contributed by atoms with Crippen molar-refractivity contribution in [2.45, 2.75) is 129 Å². The predicted molar refractivity (Wildman–Crippen MR) is 129 cm³/mol. The first kappa shape index (κ1) is 21.8. The standard InChI is InChI=1S/C30H52/c1-3-6-27-21(2)11-14-23(27)8-4-7-22-12-15-24(16-13-22)28-20-19-26-18-17-25-9-5-10-29(28)30(25)26/h21-30H,3-20H2,1-2H3. The van der Waals surface area contributed by atoms with Gasteiger partial charge in [-0.05, 0) is 111 Å². The predicted octanol–water partition coefficient (Wildman–Crippen LogP) is 9.28. The number of rotatable bonds is 7. The van der Waals surface area contributed by atoms with E-state index in [1.165, 1.54) is 25.2 Å². The summed E-state index contributed by atoms with van der Waals surface area (Å²) in [6.45, 7) is 4.93. The molecule has 0 nitrogen and oxygen atoms in total. The van der Waals surface area contributed by atoms with Gasteiger partial charge in [-0.25, -0.2) is 0 Å². The second kappa shape index (κ2) is 9.87. The molecule has 0 N–H and O–H groups in total. The van der Waals surface area contributed by atoms with Gasteiger partial charge in [-0.2, -0.15) is 0 Å². The third-order valence-corrected chi connectivity index (χ3v) is 11.7. The molecule has 5 rings (SSSR count). The minimum Gasteiger partial charge on any atom is -0.0654 e. The van der Waals surface area contributed by atoms with Gasteiger partial charge in [0.25, 0.3) is 0 Å². The number of hydrogen-bond donors (Lipinski definition) is 0. The van der Waals surface area contributed by atoms with E-state index >= 15 is 0 Å². The molecule has 0 heterocycles. The van der Waals surface area contributed by atoms with Crippen LogP contribution in [-0.4, -0.2) is 0 Å². The first-order valence-corrected chi connectivity index (χ1v) is 14.7. The lowest BCUT2D eigenvalue weighted by molar-refractivity contribution is 0.00191. The summed E-state index contributed by atoms with van der Waals surface area (Å²) in [7, 11) is 0. The van der Waals surface area contributed by atoms with Crippen LogP contribution in [0.25, 0.3) is 0 Å². The van der Waals surface area contributed by atoms with Gasteiger partial charge in [0, 0.05) is 0 Å². The smallest absolute Gasteiger partial charge is 0.0326 e. The Labute approximate surface area is 188 Å². The maximum atomic E-state index is 2.54. The van der Waals surface area contributed by atoms with Crippen LogP contribution < -0.4 is 0 Å². The highest BCUT2D eigenvalue weighted by molar-refractivity contribution is 4.99. The van der Waals surface area contributed by atoms with Crippen LogP contribution in [0.5, 0.6) is 0 Å². The third-order valence-electron chi connectivity index (χ3n) is 11.7. The average molecular weight is 413 g/mol. The van der Waals surface area contributed by atoms with Gasteiger partial charge in [0.2, 0.25) is 0 Å². The fourth-order valence-corrected chi connectivity index (χ4v) is 10.2. The molecule has 30 heavy (non-hydrogen) atoms. The molecule has 0 bridgehead atoms. The Bertz CT molecular complexity index is 522. The van der Waals surface area contributed by atoms with Gasteiger partial charge in [-0.1, -0.05) is 78.1 Å². The van der Waals surface area contributed by atoms with Crippen molar-refractivity contribution < 1.29 is 0 Å². The zero-order chi connectivity index (χ0) is 20.5. The van der Waals surface area contributed by atoms with E-state index in [0.717, 1.165) is 53.3 Å². The average Bonchev–Trinajstić information content (AvgIpc) is 3.35. The first-order valence-electron chi connectivity index (χ1n) is 14.7. The first-order chi connectivity index (χ1) is 14.7.